The number of carbonyl (C=O) groups excluding carboxylic acids is 1. The number of fused-ring (bicyclic) bond motifs is 1. The minimum Gasteiger partial charge on any atom is -0.494 e. The third-order valence-corrected chi connectivity index (χ3v) is 6.49. The first kappa shape index (κ1) is 29.2. The van der Waals surface area contributed by atoms with Gasteiger partial charge in [0.05, 0.1) is 19.0 Å². The summed E-state index contributed by atoms with van der Waals surface area (Å²) in [7, 11) is 7.70. The number of nitrogens with zero attached hydrogens (tertiary/aromatic N) is 6. The lowest BCUT2D eigenvalue weighted by atomic mass is 10.1. The van der Waals surface area contributed by atoms with Gasteiger partial charge in [-0.3, -0.25) is 14.2 Å². The first-order valence-corrected chi connectivity index (χ1v) is 13.3. The number of ether oxygens (including phenoxy) is 1. The number of amides is 1. The predicted octanol–water partition coefficient (Wildman–Crippen LogP) is 3.60. The third kappa shape index (κ3) is 6.69. The fourth-order valence-electron chi connectivity index (χ4n) is 4.22. The van der Waals surface area contributed by atoms with Crippen LogP contribution in [0.3, 0.4) is 0 Å². The Balaban J connectivity index is 1.93. The highest BCUT2D eigenvalue weighted by molar-refractivity contribution is 5.99. The van der Waals surface area contributed by atoms with Crippen LogP contribution >= 0.6 is 0 Å². The number of H-pyrrole nitrogens is 1. The van der Waals surface area contributed by atoms with E-state index in [1.807, 2.05) is 59.3 Å². The van der Waals surface area contributed by atoms with Gasteiger partial charge in [-0.05, 0) is 50.5 Å². The van der Waals surface area contributed by atoms with Crippen molar-refractivity contribution in [1.29, 1.82) is 0 Å². The lowest BCUT2D eigenvalue weighted by Gasteiger charge is -2.22. The molecular weight excluding hydrogens is 520 g/mol. The second-order valence-electron chi connectivity index (χ2n) is 10.2. The number of carbonyl (C=O) groups is 1. The van der Waals surface area contributed by atoms with Crippen LogP contribution in [0.15, 0.2) is 71.1 Å². The van der Waals surface area contributed by atoms with Crippen molar-refractivity contribution in [3.05, 3.63) is 83.0 Å². The molecule has 2 N–H and O–H groups in total. The molecule has 2 heterocycles. The smallest absolute Gasteiger partial charge is 0.271 e. The highest BCUT2D eigenvalue weighted by Gasteiger charge is 2.15. The Hall–Kier alpha value is -4.77. The van der Waals surface area contributed by atoms with E-state index in [1.165, 1.54) is 6.08 Å². The first-order valence-electron chi connectivity index (χ1n) is 13.3. The van der Waals surface area contributed by atoms with E-state index in [4.69, 9.17) is 9.73 Å². The number of hydrogen-bond acceptors (Lipinski definition) is 8. The average molecular weight is 557 g/mol. The maximum absolute atomic E-state index is 13.0. The van der Waals surface area contributed by atoms with Crippen LogP contribution in [0.5, 0.6) is 5.75 Å². The molecule has 4 aromatic rings. The van der Waals surface area contributed by atoms with Gasteiger partial charge in [0.25, 0.3) is 5.56 Å². The highest BCUT2D eigenvalue weighted by atomic mass is 16.5. The van der Waals surface area contributed by atoms with Gasteiger partial charge in [0, 0.05) is 43.5 Å². The van der Waals surface area contributed by atoms with Crippen LogP contribution in [-0.2, 0) is 4.79 Å². The van der Waals surface area contributed by atoms with Crippen LogP contribution in [0.4, 0.5) is 17.1 Å². The van der Waals surface area contributed by atoms with Gasteiger partial charge in [-0.25, -0.2) is 15.0 Å². The summed E-state index contributed by atoms with van der Waals surface area (Å²) < 4.78 is 7.41. The number of aromatic amines is 1. The molecule has 41 heavy (non-hydrogen) atoms. The van der Waals surface area contributed by atoms with E-state index >= 15 is 0 Å². The average Bonchev–Trinajstić information content (AvgIpc) is 2.95. The molecule has 2 aromatic heterocycles. The number of aromatic nitrogens is 4. The van der Waals surface area contributed by atoms with Crippen LogP contribution in [0.25, 0.3) is 16.9 Å². The zero-order valence-corrected chi connectivity index (χ0v) is 24.3. The van der Waals surface area contributed by atoms with Crippen molar-refractivity contribution in [3.8, 4) is 11.4 Å². The molecule has 0 aliphatic heterocycles. The highest BCUT2D eigenvalue weighted by Crippen LogP contribution is 2.31. The molecule has 0 aliphatic carbocycles. The van der Waals surface area contributed by atoms with Gasteiger partial charge in [0.2, 0.25) is 11.5 Å². The van der Waals surface area contributed by atoms with Crippen molar-refractivity contribution >= 4 is 34.1 Å². The Morgan fingerprint density at radius 2 is 1.98 bits per heavy atom. The zero-order chi connectivity index (χ0) is 29.7. The second-order valence-corrected chi connectivity index (χ2v) is 10.2. The van der Waals surface area contributed by atoms with Crippen LogP contribution in [0, 0.1) is 0 Å². The summed E-state index contributed by atoms with van der Waals surface area (Å²) in [6, 6.07) is 12.9. The second kappa shape index (κ2) is 12.6. The Morgan fingerprint density at radius 1 is 1.20 bits per heavy atom. The summed E-state index contributed by atoms with van der Waals surface area (Å²) in [4.78, 5) is 46.3. The quantitative estimate of drug-likeness (QED) is 0.286. The number of likely N-dealkylation sites (N-methyl/N-ethyl adjacent to an activating group) is 2. The van der Waals surface area contributed by atoms with Crippen molar-refractivity contribution in [3.63, 3.8) is 0 Å². The van der Waals surface area contributed by atoms with Crippen LogP contribution in [0.2, 0.25) is 0 Å². The molecule has 2 aromatic carbocycles. The van der Waals surface area contributed by atoms with E-state index in [0.717, 1.165) is 18.8 Å². The predicted molar refractivity (Wildman–Crippen MR) is 162 cm³/mol. The summed E-state index contributed by atoms with van der Waals surface area (Å²) in [6.45, 7) is 9.09. The van der Waals surface area contributed by atoms with Gasteiger partial charge in [0.15, 0.2) is 0 Å². The maximum Gasteiger partial charge on any atom is 0.271 e. The van der Waals surface area contributed by atoms with Crippen LogP contribution < -0.4 is 26.1 Å². The fourth-order valence-corrected chi connectivity index (χ4v) is 4.22. The summed E-state index contributed by atoms with van der Waals surface area (Å²) >= 11 is 0. The summed E-state index contributed by atoms with van der Waals surface area (Å²) in [5, 5.41) is 2.77. The van der Waals surface area contributed by atoms with Crippen molar-refractivity contribution in [2.45, 2.75) is 19.8 Å². The largest absolute Gasteiger partial charge is 0.494 e. The van der Waals surface area contributed by atoms with Crippen molar-refractivity contribution < 1.29 is 9.53 Å². The Labute approximate surface area is 238 Å². The zero-order valence-electron chi connectivity index (χ0n) is 24.3. The van der Waals surface area contributed by atoms with E-state index in [-0.39, 0.29) is 23.0 Å². The molecule has 0 unspecified atom stereocenters. The molecule has 0 saturated carbocycles. The van der Waals surface area contributed by atoms with Crippen LogP contribution in [0.1, 0.15) is 25.5 Å². The van der Waals surface area contributed by atoms with E-state index in [2.05, 4.69) is 36.6 Å². The molecule has 1 amide bonds. The summed E-state index contributed by atoms with van der Waals surface area (Å²) in [5.74, 6) is 0.156. The van der Waals surface area contributed by atoms with Gasteiger partial charge in [-0.1, -0.05) is 26.5 Å². The fraction of sp³-hybridized carbons (Fsp3) is 0.300. The number of benzene rings is 2. The normalized spacial score (nSPS) is 11.8. The Morgan fingerprint density at radius 3 is 2.66 bits per heavy atom. The number of methoxy groups -OCH3 is 1. The minimum absolute atomic E-state index is 0.0722. The molecule has 0 bridgehead atoms. The maximum atomic E-state index is 13.0. The van der Waals surface area contributed by atoms with E-state index in [1.54, 1.807) is 36.1 Å². The SMILES string of the molecule is C=CC(=O)Nc1cccc(-n2c(=Nc3ccc(N(C)CCN(C)C)cc3OC)ncc3nc(C(C)C)c(=O)[nH]c32)c1. The molecule has 0 fully saturated rings. The molecule has 0 aliphatic rings. The lowest BCUT2D eigenvalue weighted by molar-refractivity contribution is -0.111. The van der Waals surface area contributed by atoms with E-state index < -0.39 is 0 Å². The number of nitrogens with one attached hydrogen (secondary N) is 2. The van der Waals surface area contributed by atoms with Gasteiger partial charge in [-0.15, -0.1) is 0 Å². The number of anilines is 2. The van der Waals surface area contributed by atoms with Gasteiger partial charge in [-0.2, -0.15) is 0 Å². The molecule has 11 nitrogen and oxygen atoms in total. The van der Waals surface area contributed by atoms with Gasteiger partial charge in [0.1, 0.15) is 28.3 Å². The van der Waals surface area contributed by atoms with E-state index in [0.29, 0.717) is 39.7 Å². The van der Waals surface area contributed by atoms with Crippen molar-refractivity contribution in [1.82, 2.24) is 24.4 Å². The molecular formula is C30H36N8O3. The van der Waals surface area contributed by atoms with Crippen molar-refractivity contribution in [2.24, 2.45) is 4.99 Å². The standard InChI is InChI=1S/C30H36N8O3/c1-8-26(39)32-20-10-9-11-22(16-20)38-28-24(33-27(19(2)3)29(40)35-28)18-31-30(38)34-23-13-12-21(17-25(23)41-7)37(6)15-14-36(4)5/h8-13,16-19H,1,14-15H2,2-7H3,(H,32,39)(H,35,40). The Kier molecular flexibility index (Phi) is 8.98. The lowest BCUT2D eigenvalue weighted by Crippen LogP contribution is -2.28. The summed E-state index contributed by atoms with van der Waals surface area (Å²) in [5.41, 5.74) is 4.02. The van der Waals surface area contributed by atoms with Crippen LogP contribution in [-0.4, -0.2) is 71.7 Å². The monoisotopic (exact) mass is 556 g/mol. The first-order chi connectivity index (χ1) is 19.6. The number of hydrogen-bond donors (Lipinski definition) is 2. The molecule has 11 heteroatoms. The number of rotatable bonds is 10. The molecule has 0 spiro atoms. The van der Waals surface area contributed by atoms with Crippen molar-refractivity contribution in [2.75, 3.05) is 51.6 Å². The van der Waals surface area contributed by atoms with E-state index in [9.17, 15) is 9.59 Å². The third-order valence-electron chi connectivity index (χ3n) is 6.49. The van der Waals surface area contributed by atoms with Gasteiger partial charge < -0.3 is 24.8 Å². The molecule has 0 saturated heterocycles. The van der Waals surface area contributed by atoms with Gasteiger partial charge >= 0.3 is 0 Å². The minimum atomic E-state index is -0.342. The molecule has 214 valence electrons. The molecule has 0 atom stereocenters. The summed E-state index contributed by atoms with van der Waals surface area (Å²) in [6.07, 6.45) is 2.79. The molecule has 0 radical (unpaired) electrons. The molecule has 4 rings (SSSR count). The Bertz CT molecular complexity index is 1700. The topological polar surface area (TPSA) is 121 Å².